The van der Waals surface area contributed by atoms with Gasteiger partial charge in [0.05, 0.1) is 5.75 Å². The zero-order valence-corrected chi connectivity index (χ0v) is 12.0. The standard InChI is InChI=1S/C13H21N3O2S/c1-13(10-14,12-2-3-12)16-19(17,18)9-6-11-4-7-15-8-5-11/h4-5,7-8,12,16H,2-3,6,9-10,14H2,1H3. The van der Waals surface area contributed by atoms with Gasteiger partial charge in [0.1, 0.15) is 0 Å². The first kappa shape index (κ1) is 14.4. The maximum Gasteiger partial charge on any atom is 0.212 e. The van der Waals surface area contributed by atoms with Crippen LogP contribution in [0.15, 0.2) is 24.5 Å². The van der Waals surface area contributed by atoms with E-state index in [0.29, 0.717) is 18.9 Å². The highest BCUT2D eigenvalue weighted by Crippen LogP contribution is 2.39. The monoisotopic (exact) mass is 283 g/mol. The van der Waals surface area contributed by atoms with E-state index in [1.165, 1.54) is 0 Å². The number of nitrogens with one attached hydrogen (secondary N) is 1. The molecule has 0 amide bonds. The summed E-state index contributed by atoms with van der Waals surface area (Å²) in [5, 5.41) is 0. The van der Waals surface area contributed by atoms with E-state index in [2.05, 4.69) is 9.71 Å². The van der Waals surface area contributed by atoms with Crippen LogP contribution in [0.3, 0.4) is 0 Å². The first-order valence-electron chi connectivity index (χ1n) is 6.56. The second-order valence-electron chi connectivity index (χ2n) is 5.42. The molecule has 19 heavy (non-hydrogen) atoms. The van der Waals surface area contributed by atoms with Gasteiger partial charge in [0.25, 0.3) is 0 Å². The van der Waals surface area contributed by atoms with Crippen molar-refractivity contribution in [1.82, 2.24) is 9.71 Å². The SMILES string of the molecule is CC(CN)(NS(=O)(=O)CCc1ccncc1)C1CC1. The van der Waals surface area contributed by atoms with Crippen LogP contribution < -0.4 is 10.5 Å². The maximum atomic E-state index is 12.1. The molecular formula is C13H21N3O2S. The lowest BCUT2D eigenvalue weighted by Gasteiger charge is -2.29. The fourth-order valence-electron chi connectivity index (χ4n) is 2.22. The second kappa shape index (κ2) is 5.56. The van der Waals surface area contributed by atoms with E-state index in [0.717, 1.165) is 18.4 Å². The summed E-state index contributed by atoms with van der Waals surface area (Å²) in [4.78, 5) is 3.91. The van der Waals surface area contributed by atoms with E-state index in [1.807, 2.05) is 19.1 Å². The van der Waals surface area contributed by atoms with Crippen molar-refractivity contribution in [2.75, 3.05) is 12.3 Å². The third-order valence-electron chi connectivity index (χ3n) is 3.70. The molecule has 6 heteroatoms. The van der Waals surface area contributed by atoms with Crippen LogP contribution in [0.5, 0.6) is 0 Å². The summed E-state index contributed by atoms with van der Waals surface area (Å²) in [7, 11) is -3.30. The highest BCUT2D eigenvalue weighted by molar-refractivity contribution is 7.89. The van der Waals surface area contributed by atoms with E-state index >= 15 is 0 Å². The van der Waals surface area contributed by atoms with Gasteiger partial charge < -0.3 is 5.73 Å². The molecule has 0 aromatic carbocycles. The Bertz CT molecular complexity index is 514. The predicted octanol–water partition coefficient (Wildman–Crippen LogP) is 0.671. The molecule has 0 saturated heterocycles. The van der Waals surface area contributed by atoms with Crippen LogP contribution in [0.1, 0.15) is 25.3 Å². The Morgan fingerprint density at radius 2 is 2.05 bits per heavy atom. The summed E-state index contributed by atoms with van der Waals surface area (Å²) in [5.74, 6) is 0.465. The van der Waals surface area contributed by atoms with Gasteiger partial charge in [-0.05, 0) is 49.8 Å². The Morgan fingerprint density at radius 3 is 2.58 bits per heavy atom. The topological polar surface area (TPSA) is 85.1 Å². The Morgan fingerprint density at radius 1 is 1.42 bits per heavy atom. The summed E-state index contributed by atoms with van der Waals surface area (Å²) in [6, 6.07) is 3.66. The minimum atomic E-state index is -3.30. The Labute approximate surface area is 114 Å². The molecule has 1 aliphatic carbocycles. The quantitative estimate of drug-likeness (QED) is 0.770. The molecule has 0 aliphatic heterocycles. The lowest BCUT2D eigenvalue weighted by Crippen LogP contribution is -2.53. The van der Waals surface area contributed by atoms with Crippen LogP contribution in [-0.4, -0.2) is 31.2 Å². The fraction of sp³-hybridized carbons (Fsp3) is 0.615. The smallest absolute Gasteiger partial charge is 0.212 e. The molecule has 106 valence electrons. The van der Waals surface area contributed by atoms with E-state index in [9.17, 15) is 8.42 Å². The maximum absolute atomic E-state index is 12.1. The highest BCUT2D eigenvalue weighted by atomic mass is 32.2. The molecule has 1 heterocycles. The molecular weight excluding hydrogens is 262 g/mol. The molecule has 1 unspecified atom stereocenters. The first-order valence-corrected chi connectivity index (χ1v) is 8.21. The van der Waals surface area contributed by atoms with Gasteiger partial charge in [0.15, 0.2) is 0 Å². The largest absolute Gasteiger partial charge is 0.329 e. The van der Waals surface area contributed by atoms with Gasteiger partial charge >= 0.3 is 0 Å². The van der Waals surface area contributed by atoms with Gasteiger partial charge in [-0.25, -0.2) is 13.1 Å². The van der Waals surface area contributed by atoms with Crippen molar-refractivity contribution in [3.63, 3.8) is 0 Å². The van der Waals surface area contributed by atoms with Gasteiger partial charge in [-0.2, -0.15) is 0 Å². The van der Waals surface area contributed by atoms with E-state index in [1.54, 1.807) is 12.4 Å². The Hall–Kier alpha value is -0.980. The zero-order chi connectivity index (χ0) is 13.9. The normalized spacial score (nSPS) is 19.1. The van der Waals surface area contributed by atoms with Crippen LogP contribution in [0, 0.1) is 5.92 Å². The number of hydrogen-bond acceptors (Lipinski definition) is 4. The first-order chi connectivity index (χ1) is 8.95. The van der Waals surface area contributed by atoms with E-state index < -0.39 is 15.6 Å². The molecule has 1 saturated carbocycles. The molecule has 1 aliphatic rings. The van der Waals surface area contributed by atoms with E-state index in [4.69, 9.17) is 5.73 Å². The fourth-order valence-corrected chi connectivity index (χ4v) is 3.79. The Kier molecular flexibility index (Phi) is 4.23. The third-order valence-corrected chi connectivity index (χ3v) is 5.22. The number of hydrogen-bond donors (Lipinski definition) is 2. The zero-order valence-electron chi connectivity index (χ0n) is 11.2. The molecule has 3 N–H and O–H groups in total. The van der Waals surface area contributed by atoms with Crippen molar-refractivity contribution in [3.8, 4) is 0 Å². The van der Waals surface area contributed by atoms with Crippen molar-refractivity contribution in [3.05, 3.63) is 30.1 Å². The van der Waals surface area contributed by atoms with Gasteiger partial charge in [-0.1, -0.05) is 0 Å². The van der Waals surface area contributed by atoms with Crippen molar-refractivity contribution in [1.29, 1.82) is 0 Å². The lowest BCUT2D eigenvalue weighted by atomic mass is 9.98. The molecule has 2 rings (SSSR count). The average Bonchev–Trinajstić information content (AvgIpc) is 3.22. The summed E-state index contributed by atoms with van der Waals surface area (Å²) in [6.07, 6.45) is 5.94. The van der Waals surface area contributed by atoms with Gasteiger partial charge in [0.2, 0.25) is 10.0 Å². The van der Waals surface area contributed by atoms with E-state index in [-0.39, 0.29) is 5.75 Å². The summed E-state index contributed by atoms with van der Waals surface area (Å²) in [5.41, 5.74) is 6.21. The molecule has 0 bridgehead atoms. The van der Waals surface area contributed by atoms with Crippen LogP contribution >= 0.6 is 0 Å². The molecule has 1 aromatic rings. The number of nitrogens with zero attached hydrogens (tertiary/aromatic N) is 1. The lowest BCUT2D eigenvalue weighted by molar-refractivity contribution is 0.374. The van der Waals surface area contributed by atoms with Gasteiger partial charge in [0, 0.05) is 24.5 Å². The number of aromatic nitrogens is 1. The number of sulfonamides is 1. The minimum absolute atomic E-state index is 0.0827. The molecule has 1 aromatic heterocycles. The molecule has 0 spiro atoms. The van der Waals surface area contributed by atoms with Crippen LogP contribution in [0.4, 0.5) is 0 Å². The number of aryl methyl sites for hydroxylation is 1. The third kappa shape index (κ3) is 3.99. The summed E-state index contributed by atoms with van der Waals surface area (Å²) < 4.78 is 27.0. The summed E-state index contributed by atoms with van der Waals surface area (Å²) in [6.45, 7) is 2.24. The molecule has 1 atom stereocenters. The van der Waals surface area contributed by atoms with Crippen molar-refractivity contribution >= 4 is 10.0 Å². The minimum Gasteiger partial charge on any atom is -0.329 e. The number of pyridine rings is 1. The van der Waals surface area contributed by atoms with Gasteiger partial charge in [-0.3, -0.25) is 4.98 Å². The van der Waals surface area contributed by atoms with Crippen LogP contribution in [0.2, 0.25) is 0 Å². The number of rotatable bonds is 7. The van der Waals surface area contributed by atoms with Crippen molar-refractivity contribution < 1.29 is 8.42 Å². The van der Waals surface area contributed by atoms with Crippen molar-refractivity contribution in [2.24, 2.45) is 11.7 Å². The molecule has 1 fully saturated rings. The van der Waals surface area contributed by atoms with Gasteiger partial charge in [-0.15, -0.1) is 0 Å². The van der Waals surface area contributed by atoms with Crippen LogP contribution in [-0.2, 0) is 16.4 Å². The average molecular weight is 283 g/mol. The second-order valence-corrected chi connectivity index (χ2v) is 7.26. The number of nitrogens with two attached hydrogens (primary N) is 1. The Balaban J connectivity index is 1.95. The highest BCUT2D eigenvalue weighted by Gasteiger charge is 2.42. The molecule has 5 nitrogen and oxygen atoms in total. The predicted molar refractivity (Wildman–Crippen MR) is 75.0 cm³/mol. The molecule has 0 radical (unpaired) electrons. The van der Waals surface area contributed by atoms with Crippen molar-refractivity contribution in [2.45, 2.75) is 31.7 Å². The van der Waals surface area contributed by atoms with Crippen LogP contribution in [0.25, 0.3) is 0 Å². The summed E-state index contributed by atoms with van der Waals surface area (Å²) >= 11 is 0.